The van der Waals surface area contributed by atoms with Gasteiger partial charge in [0.1, 0.15) is 5.82 Å². The number of benzene rings is 1. The lowest BCUT2D eigenvalue weighted by Gasteiger charge is -2.12. The molecule has 2 heterocycles. The van der Waals surface area contributed by atoms with E-state index in [0.717, 1.165) is 12.0 Å². The largest absolute Gasteiger partial charge is 0.464 e. The highest BCUT2D eigenvalue weighted by atomic mass is 16.7. The Bertz CT molecular complexity index is 1270. The molecule has 0 aliphatic rings. The van der Waals surface area contributed by atoms with Gasteiger partial charge >= 0.3 is 5.69 Å². The second kappa shape index (κ2) is 11.7. The van der Waals surface area contributed by atoms with Crippen LogP contribution < -0.4 is 20.7 Å². The predicted molar refractivity (Wildman–Crippen MR) is 130 cm³/mol. The van der Waals surface area contributed by atoms with Gasteiger partial charge in [0.2, 0.25) is 0 Å². The molecule has 0 unspecified atom stereocenters. The molecule has 0 aliphatic heterocycles. The average Bonchev–Trinajstić information content (AvgIpc) is 3.17. The van der Waals surface area contributed by atoms with Gasteiger partial charge in [0.05, 0.1) is 0 Å². The van der Waals surface area contributed by atoms with Crippen molar-refractivity contribution in [1.82, 2.24) is 18.7 Å². The van der Waals surface area contributed by atoms with Crippen molar-refractivity contribution in [2.45, 2.75) is 39.8 Å². The van der Waals surface area contributed by atoms with Crippen LogP contribution in [0.5, 0.6) is 11.5 Å². The van der Waals surface area contributed by atoms with Crippen molar-refractivity contribution in [2.75, 3.05) is 27.8 Å². The van der Waals surface area contributed by atoms with E-state index in [9.17, 15) is 9.59 Å². The third-order valence-corrected chi connectivity index (χ3v) is 5.23. The van der Waals surface area contributed by atoms with Gasteiger partial charge in [-0.05, 0) is 36.6 Å². The molecule has 184 valence electrons. The number of aryl methyl sites for hydroxylation is 2. The van der Waals surface area contributed by atoms with E-state index in [1.807, 2.05) is 32.1 Å². The zero-order valence-electron chi connectivity index (χ0n) is 20.4. The highest BCUT2D eigenvalue weighted by molar-refractivity contribution is 5.77. The van der Waals surface area contributed by atoms with E-state index < -0.39 is 0 Å². The minimum atomic E-state index is -0.321. The fraction of sp³-hybridized carbons (Fsp3) is 0.458. The van der Waals surface area contributed by atoms with Gasteiger partial charge in [0.25, 0.3) is 5.56 Å². The molecule has 3 aromatic rings. The highest BCUT2D eigenvalue weighted by Gasteiger charge is 2.18. The van der Waals surface area contributed by atoms with Crippen LogP contribution in [0.2, 0.25) is 0 Å². The third-order valence-electron chi connectivity index (χ3n) is 5.23. The van der Waals surface area contributed by atoms with Crippen molar-refractivity contribution in [1.29, 1.82) is 0 Å². The maximum atomic E-state index is 13.1. The van der Waals surface area contributed by atoms with E-state index in [4.69, 9.17) is 18.9 Å². The first-order chi connectivity index (χ1) is 16.5. The average molecular weight is 473 g/mol. The smallest absolute Gasteiger partial charge is 0.332 e. The number of ether oxygens (including phenoxy) is 4. The van der Waals surface area contributed by atoms with Gasteiger partial charge in [-0.2, -0.15) is 0 Å². The number of nitrogens with zero attached hydrogens (tertiary/aromatic N) is 4. The lowest BCUT2D eigenvalue weighted by atomic mass is 10.2. The topological polar surface area (TPSA) is 98.7 Å². The Morgan fingerprint density at radius 2 is 1.56 bits per heavy atom. The Hall–Kier alpha value is -3.37. The molecule has 3 rings (SSSR count). The van der Waals surface area contributed by atoms with E-state index in [1.165, 1.54) is 11.7 Å². The molecule has 0 radical (unpaired) electrons. The Morgan fingerprint density at radius 1 is 0.912 bits per heavy atom. The van der Waals surface area contributed by atoms with Crippen LogP contribution in [0.15, 0.2) is 27.8 Å². The molecular formula is C24H32N4O6. The second-order valence-corrected chi connectivity index (χ2v) is 7.73. The fourth-order valence-corrected chi connectivity index (χ4v) is 3.65. The second-order valence-electron chi connectivity index (χ2n) is 7.73. The molecule has 0 atom stereocenters. The van der Waals surface area contributed by atoms with Gasteiger partial charge in [-0.1, -0.05) is 26.0 Å². The van der Waals surface area contributed by atoms with Crippen LogP contribution in [0.1, 0.15) is 38.1 Å². The summed E-state index contributed by atoms with van der Waals surface area (Å²) in [7, 11) is 4.86. The summed E-state index contributed by atoms with van der Waals surface area (Å²) < 4.78 is 25.7. The molecule has 10 nitrogen and oxygen atoms in total. The minimum Gasteiger partial charge on any atom is -0.464 e. The Morgan fingerprint density at radius 3 is 2.21 bits per heavy atom. The zero-order chi connectivity index (χ0) is 24.7. The molecule has 0 saturated heterocycles. The molecule has 1 aromatic carbocycles. The van der Waals surface area contributed by atoms with E-state index in [-0.39, 0.29) is 24.8 Å². The maximum Gasteiger partial charge on any atom is 0.332 e. The molecule has 0 N–H and O–H groups in total. The van der Waals surface area contributed by atoms with Crippen LogP contribution in [-0.4, -0.2) is 46.5 Å². The summed E-state index contributed by atoms with van der Waals surface area (Å²) in [5.41, 5.74) is 1.00. The summed E-state index contributed by atoms with van der Waals surface area (Å²) in [6.07, 6.45) is 5.10. The van der Waals surface area contributed by atoms with Crippen LogP contribution in [0.3, 0.4) is 0 Å². The van der Waals surface area contributed by atoms with E-state index in [0.29, 0.717) is 48.0 Å². The minimum absolute atomic E-state index is 0.0697. The van der Waals surface area contributed by atoms with Gasteiger partial charge in [0.15, 0.2) is 36.2 Å². The zero-order valence-corrected chi connectivity index (χ0v) is 20.4. The SMILES string of the molecule is CCCn1c(=O)c2c(nc(/C=C/c3ccc(OCOC)c(OCOC)c3)n2C)n(CCC)c1=O. The Balaban J connectivity index is 2.05. The predicted octanol–water partition coefficient (Wildman–Crippen LogP) is 2.85. The van der Waals surface area contributed by atoms with Gasteiger partial charge < -0.3 is 23.5 Å². The summed E-state index contributed by atoms with van der Waals surface area (Å²) in [5.74, 6) is 1.59. The molecule has 0 saturated carbocycles. The quantitative estimate of drug-likeness (QED) is 0.374. The van der Waals surface area contributed by atoms with Gasteiger partial charge in [-0.15, -0.1) is 0 Å². The van der Waals surface area contributed by atoms with E-state index in [1.54, 1.807) is 35.4 Å². The van der Waals surface area contributed by atoms with E-state index in [2.05, 4.69) is 4.98 Å². The summed E-state index contributed by atoms with van der Waals surface area (Å²) in [6.45, 7) is 4.94. The maximum absolute atomic E-state index is 13.1. The summed E-state index contributed by atoms with van der Waals surface area (Å²) in [4.78, 5) is 30.6. The van der Waals surface area contributed by atoms with Crippen molar-refractivity contribution in [3.05, 3.63) is 50.4 Å². The summed E-state index contributed by atoms with van der Waals surface area (Å²) in [5, 5.41) is 0. The van der Waals surface area contributed by atoms with Crippen molar-refractivity contribution in [2.24, 2.45) is 7.05 Å². The lowest BCUT2D eigenvalue weighted by molar-refractivity contribution is 0.0322. The van der Waals surface area contributed by atoms with E-state index >= 15 is 0 Å². The van der Waals surface area contributed by atoms with Crippen LogP contribution in [-0.2, 0) is 29.6 Å². The first-order valence-electron chi connectivity index (χ1n) is 11.2. The monoisotopic (exact) mass is 472 g/mol. The van der Waals surface area contributed by atoms with Crippen molar-refractivity contribution < 1.29 is 18.9 Å². The standard InChI is InChI=1S/C24H32N4O6/c1-6-12-27-22-21(23(29)28(13-7-2)24(27)30)26(3)20(25-22)11-9-17-8-10-18(33-15-31-4)19(14-17)34-16-32-5/h8-11,14H,6-7,12-13,15-16H2,1-5H3/b11-9+. The van der Waals surface area contributed by atoms with Gasteiger partial charge in [0, 0.05) is 34.4 Å². The third kappa shape index (κ3) is 5.23. The number of hydrogen-bond acceptors (Lipinski definition) is 7. The molecule has 0 fully saturated rings. The number of imidazole rings is 1. The molecule has 2 aromatic heterocycles. The molecule has 0 aliphatic carbocycles. The molecule has 0 amide bonds. The molecule has 0 bridgehead atoms. The van der Waals surface area contributed by atoms with Crippen molar-refractivity contribution in [3.8, 4) is 11.5 Å². The van der Waals surface area contributed by atoms with Gasteiger partial charge in [-0.3, -0.25) is 13.9 Å². The number of methoxy groups -OCH3 is 2. The number of rotatable bonds is 12. The first kappa shape index (κ1) is 25.3. The highest BCUT2D eigenvalue weighted by Crippen LogP contribution is 2.29. The molecule has 34 heavy (non-hydrogen) atoms. The molecule has 10 heteroatoms. The lowest BCUT2D eigenvalue weighted by Crippen LogP contribution is -2.40. The fourth-order valence-electron chi connectivity index (χ4n) is 3.65. The van der Waals surface area contributed by atoms with Crippen LogP contribution >= 0.6 is 0 Å². The molecule has 0 spiro atoms. The van der Waals surface area contributed by atoms with Crippen LogP contribution in [0, 0.1) is 0 Å². The summed E-state index contributed by atoms with van der Waals surface area (Å²) >= 11 is 0. The number of aromatic nitrogens is 4. The molecular weight excluding hydrogens is 440 g/mol. The summed E-state index contributed by atoms with van der Waals surface area (Å²) in [6, 6.07) is 5.45. The first-order valence-corrected chi connectivity index (χ1v) is 11.2. The Kier molecular flexibility index (Phi) is 8.67. The van der Waals surface area contributed by atoms with Crippen molar-refractivity contribution in [3.63, 3.8) is 0 Å². The Labute approximate surface area is 198 Å². The van der Waals surface area contributed by atoms with Crippen molar-refractivity contribution >= 4 is 23.3 Å². The van der Waals surface area contributed by atoms with Crippen LogP contribution in [0.4, 0.5) is 0 Å². The normalized spacial score (nSPS) is 11.6. The number of fused-ring (bicyclic) bond motifs is 1. The number of hydrogen-bond donors (Lipinski definition) is 0. The van der Waals surface area contributed by atoms with Gasteiger partial charge in [-0.25, -0.2) is 9.78 Å². The van der Waals surface area contributed by atoms with Crippen LogP contribution in [0.25, 0.3) is 23.3 Å².